The van der Waals surface area contributed by atoms with Crippen molar-refractivity contribution in [2.45, 2.75) is 74.9 Å². The lowest BCUT2D eigenvalue weighted by Gasteiger charge is -2.35. The number of carbonyl (C=O) groups is 1. The van der Waals surface area contributed by atoms with Gasteiger partial charge in [-0.2, -0.15) is 5.26 Å². The molecular weight excluding hydrogens is 439 g/mol. The van der Waals surface area contributed by atoms with Crippen LogP contribution in [0.5, 0.6) is 0 Å². The van der Waals surface area contributed by atoms with Gasteiger partial charge in [0.25, 0.3) is 0 Å². The lowest BCUT2D eigenvalue weighted by molar-refractivity contribution is -0.124. The van der Waals surface area contributed by atoms with Crippen LogP contribution in [-0.2, 0) is 23.1 Å². The lowest BCUT2D eigenvalue weighted by atomic mass is 9.74. The molecule has 2 aromatic carbocycles. The van der Waals surface area contributed by atoms with E-state index in [4.69, 9.17) is 0 Å². The van der Waals surface area contributed by atoms with Gasteiger partial charge in [-0.05, 0) is 103 Å². The lowest BCUT2D eigenvalue weighted by Crippen LogP contribution is -2.50. The molecule has 6 rings (SSSR count). The molecule has 0 aromatic heterocycles. The van der Waals surface area contributed by atoms with Gasteiger partial charge in [0, 0.05) is 12.5 Å². The van der Waals surface area contributed by atoms with Crippen molar-refractivity contribution in [3.8, 4) is 17.2 Å². The van der Waals surface area contributed by atoms with Crippen LogP contribution < -0.4 is 16.0 Å². The summed E-state index contributed by atoms with van der Waals surface area (Å²) in [6.45, 7) is 2.11. The molecule has 1 amide bonds. The summed E-state index contributed by atoms with van der Waals surface area (Å²) in [5.74, 6) is -0.107. The molecule has 2 saturated heterocycles. The zero-order valence-corrected chi connectivity index (χ0v) is 20.1. The fraction of sp³-hybridized carbons (Fsp3) is 0.517. The van der Waals surface area contributed by atoms with E-state index in [1.54, 1.807) is 12.1 Å². The summed E-state index contributed by atoms with van der Waals surface area (Å²) in [5.41, 5.74) is 5.50. The molecule has 6 heteroatoms. The van der Waals surface area contributed by atoms with Gasteiger partial charge in [-0.15, -0.1) is 0 Å². The third-order valence-corrected chi connectivity index (χ3v) is 9.04. The molecule has 4 atom stereocenters. The van der Waals surface area contributed by atoms with Crippen LogP contribution in [0.25, 0.3) is 11.1 Å². The smallest absolute Gasteiger partial charge is 0.238 e. The Hall–Kier alpha value is -2.75. The summed E-state index contributed by atoms with van der Waals surface area (Å²) in [4.78, 5) is 12.7. The van der Waals surface area contributed by atoms with Crippen LogP contribution in [0.3, 0.4) is 0 Å². The second-order valence-corrected chi connectivity index (χ2v) is 11.0. The quantitative estimate of drug-likeness (QED) is 0.620. The minimum absolute atomic E-state index is 0.134. The average molecular weight is 473 g/mol. The predicted octanol–water partition coefficient (Wildman–Crippen LogP) is 3.75. The highest BCUT2D eigenvalue weighted by atomic mass is 19.1. The number of rotatable bonds is 5. The Bertz CT molecular complexity index is 1180. The molecule has 2 aromatic rings. The van der Waals surface area contributed by atoms with Gasteiger partial charge in [0.15, 0.2) is 0 Å². The van der Waals surface area contributed by atoms with Crippen molar-refractivity contribution in [1.29, 1.82) is 5.26 Å². The fourth-order valence-electron chi connectivity index (χ4n) is 7.05. The largest absolute Gasteiger partial charge is 0.339 e. The molecule has 4 aliphatic rings. The van der Waals surface area contributed by atoms with Crippen LogP contribution in [0.1, 0.15) is 55.2 Å². The molecule has 1 saturated carbocycles. The van der Waals surface area contributed by atoms with Crippen molar-refractivity contribution in [2.75, 3.05) is 13.1 Å². The Morgan fingerprint density at radius 3 is 2.66 bits per heavy atom. The van der Waals surface area contributed by atoms with Crippen molar-refractivity contribution >= 4 is 5.91 Å². The van der Waals surface area contributed by atoms with E-state index in [1.165, 1.54) is 17.5 Å². The van der Waals surface area contributed by atoms with Gasteiger partial charge in [-0.3, -0.25) is 4.79 Å². The summed E-state index contributed by atoms with van der Waals surface area (Å²) in [7, 11) is 0. The summed E-state index contributed by atoms with van der Waals surface area (Å²) in [6.07, 6.45) is 8.04. The molecule has 0 unspecified atom stereocenters. The van der Waals surface area contributed by atoms with E-state index in [9.17, 15) is 10.1 Å². The van der Waals surface area contributed by atoms with Gasteiger partial charge in [-0.25, -0.2) is 4.39 Å². The van der Waals surface area contributed by atoms with Crippen molar-refractivity contribution in [1.82, 2.24) is 16.0 Å². The summed E-state index contributed by atoms with van der Waals surface area (Å²) >= 11 is 0. The maximum absolute atomic E-state index is 15.2. The van der Waals surface area contributed by atoms with Crippen LogP contribution in [0.15, 0.2) is 36.4 Å². The number of benzene rings is 2. The van der Waals surface area contributed by atoms with Gasteiger partial charge < -0.3 is 16.0 Å². The molecule has 35 heavy (non-hydrogen) atoms. The van der Waals surface area contributed by atoms with Crippen LogP contribution in [-0.4, -0.2) is 37.1 Å². The highest BCUT2D eigenvalue weighted by molar-refractivity contribution is 5.83. The number of nitriles is 1. The van der Waals surface area contributed by atoms with Crippen LogP contribution >= 0.6 is 0 Å². The highest BCUT2D eigenvalue weighted by Crippen LogP contribution is 2.46. The second kappa shape index (κ2) is 9.04. The number of fused-ring (bicyclic) bond motifs is 4. The molecular formula is C29H33FN4O. The van der Waals surface area contributed by atoms with E-state index in [0.717, 1.165) is 62.7 Å². The van der Waals surface area contributed by atoms with E-state index >= 15 is 4.39 Å². The third-order valence-electron chi connectivity index (χ3n) is 9.04. The van der Waals surface area contributed by atoms with Crippen LogP contribution in [0, 0.1) is 23.1 Å². The van der Waals surface area contributed by atoms with E-state index in [1.807, 2.05) is 6.07 Å². The van der Waals surface area contributed by atoms with Gasteiger partial charge in [0.1, 0.15) is 11.9 Å². The fourth-order valence-corrected chi connectivity index (χ4v) is 7.05. The first-order valence-electron chi connectivity index (χ1n) is 13.1. The SMILES string of the molecule is N#C[C@H](Cc1ccc(-c2ccc3c(c2)C2(CCNCC2)CC3)cc1F)NC(=O)[C@H]1N[C@@H]2CC[C@H]1C2. The predicted molar refractivity (Wildman–Crippen MR) is 133 cm³/mol. The molecule has 0 radical (unpaired) electrons. The molecule has 2 heterocycles. The second-order valence-electron chi connectivity index (χ2n) is 11.0. The number of hydrogen-bond acceptors (Lipinski definition) is 4. The number of amides is 1. The number of halogens is 1. The highest BCUT2D eigenvalue weighted by Gasteiger charge is 2.43. The number of carbonyl (C=O) groups excluding carboxylic acids is 1. The standard InChI is InChI=1S/C29H33FN4O/c30-26-16-20(19-2-1-18-7-8-29(25(18)15-19)9-11-32-12-10-29)3-4-21(26)13-24(17-31)34-28(35)27-22-5-6-23(14-22)33-27/h1-4,15-16,22-24,27,32-33H,5-14H2,(H,34,35)/t22-,23+,24-,27-/m0/s1. The normalized spacial score (nSPS) is 26.9. The number of hydrogen-bond donors (Lipinski definition) is 3. The Kier molecular flexibility index (Phi) is 5.86. The van der Waals surface area contributed by atoms with Gasteiger partial charge in [0.2, 0.25) is 5.91 Å². The van der Waals surface area contributed by atoms with E-state index in [2.05, 4.69) is 40.2 Å². The average Bonchev–Trinajstić information content (AvgIpc) is 3.61. The number of aryl methyl sites for hydroxylation is 1. The number of nitrogens with one attached hydrogen (secondary N) is 3. The first-order valence-corrected chi connectivity index (χ1v) is 13.1. The Labute approximate surface area is 206 Å². The zero-order chi connectivity index (χ0) is 24.0. The van der Waals surface area contributed by atoms with Crippen LogP contribution in [0.2, 0.25) is 0 Å². The molecule has 2 aliphatic heterocycles. The minimum atomic E-state index is -0.747. The first kappa shape index (κ1) is 22.7. The van der Waals surface area contributed by atoms with Crippen LogP contribution in [0.4, 0.5) is 4.39 Å². The Morgan fingerprint density at radius 2 is 1.94 bits per heavy atom. The molecule has 3 N–H and O–H groups in total. The molecule has 2 aliphatic carbocycles. The third kappa shape index (κ3) is 4.15. The molecule has 1 spiro atoms. The Balaban J connectivity index is 1.17. The zero-order valence-electron chi connectivity index (χ0n) is 20.1. The maximum atomic E-state index is 15.2. The molecule has 5 nitrogen and oxygen atoms in total. The summed E-state index contributed by atoms with van der Waals surface area (Å²) < 4.78 is 15.2. The molecule has 2 bridgehead atoms. The monoisotopic (exact) mass is 472 g/mol. The van der Waals surface area contributed by atoms with E-state index in [0.29, 0.717) is 17.5 Å². The van der Waals surface area contributed by atoms with Crippen molar-refractivity contribution in [3.05, 3.63) is 58.9 Å². The van der Waals surface area contributed by atoms with Gasteiger partial charge >= 0.3 is 0 Å². The van der Waals surface area contributed by atoms with Crippen molar-refractivity contribution in [3.63, 3.8) is 0 Å². The first-order chi connectivity index (χ1) is 17.0. The maximum Gasteiger partial charge on any atom is 0.238 e. The topological polar surface area (TPSA) is 77.0 Å². The van der Waals surface area contributed by atoms with E-state index < -0.39 is 6.04 Å². The Morgan fingerprint density at radius 1 is 1.14 bits per heavy atom. The molecule has 182 valence electrons. The number of nitrogens with zero attached hydrogens (tertiary/aromatic N) is 1. The van der Waals surface area contributed by atoms with Gasteiger partial charge in [0.05, 0.1) is 12.1 Å². The van der Waals surface area contributed by atoms with Crippen molar-refractivity contribution < 1.29 is 9.18 Å². The summed E-state index contributed by atoms with van der Waals surface area (Å²) in [6, 6.07) is 13.5. The summed E-state index contributed by atoms with van der Waals surface area (Å²) in [5, 5.41) is 19.3. The van der Waals surface area contributed by atoms with Gasteiger partial charge in [-0.1, -0.05) is 30.3 Å². The van der Waals surface area contributed by atoms with E-state index in [-0.39, 0.29) is 29.6 Å². The molecule has 3 fully saturated rings. The number of piperidine rings is 2. The van der Waals surface area contributed by atoms with Crippen molar-refractivity contribution in [2.24, 2.45) is 5.92 Å². The minimum Gasteiger partial charge on any atom is -0.339 e.